The number of amides is 2. The van der Waals surface area contributed by atoms with Gasteiger partial charge in [0.15, 0.2) is 6.29 Å². The Bertz CT molecular complexity index is 1220. The van der Waals surface area contributed by atoms with Gasteiger partial charge in [0, 0.05) is 26.0 Å². The van der Waals surface area contributed by atoms with Gasteiger partial charge in [-0.3, -0.25) is 23.9 Å². The van der Waals surface area contributed by atoms with Crippen molar-refractivity contribution in [3.63, 3.8) is 0 Å². The quantitative estimate of drug-likeness (QED) is 0.0428. The average Bonchev–Trinajstić information content (AvgIpc) is 2.90. The summed E-state index contributed by atoms with van der Waals surface area (Å²) in [5, 5.41) is 57.9. The molecule has 1 aromatic rings. The van der Waals surface area contributed by atoms with Gasteiger partial charge in [0.1, 0.15) is 54.5 Å². The van der Waals surface area contributed by atoms with E-state index in [1.807, 2.05) is 0 Å². The first-order valence-corrected chi connectivity index (χ1v) is 13.6. The molecule has 2 aliphatic rings. The molecule has 2 saturated heterocycles. The number of nitro groups is 1. The smallest absolute Gasteiger partial charge is 0.726 e. The topological polar surface area (TPSA) is 286 Å². The van der Waals surface area contributed by atoms with Gasteiger partial charge in [0.2, 0.25) is 28.5 Å². The number of carbonyl (C=O) groups excluding carboxylic acids is 2. The predicted molar refractivity (Wildman–Crippen MR) is 132 cm³/mol. The fourth-order valence-corrected chi connectivity index (χ4v) is 4.68. The normalized spacial score (nSPS) is 32.6. The zero-order valence-corrected chi connectivity index (χ0v) is 25.9. The van der Waals surface area contributed by atoms with Crippen molar-refractivity contribution in [2.75, 3.05) is 13.2 Å². The van der Waals surface area contributed by atoms with Crippen LogP contribution in [0.5, 0.6) is 5.75 Å². The molecule has 10 atom stereocenters. The minimum atomic E-state index is -5.23. The Morgan fingerprint density at radius 3 is 1.98 bits per heavy atom. The van der Waals surface area contributed by atoms with Crippen LogP contribution in [0.3, 0.4) is 0 Å². The number of ether oxygens (including phenoxy) is 4. The minimum Gasteiger partial charge on any atom is -0.726 e. The number of nitrogens with one attached hydrogen (secondary N) is 2. The number of carbonyl (C=O) groups is 2. The molecule has 3 rings (SSSR count). The number of nitrogens with zero attached hydrogens (tertiary/aromatic N) is 1. The Morgan fingerprint density at radius 1 is 0.953 bits per heavy atom. The van der Waals surface area contributed by atoms with Crippen molar-refractivity contribution < 1.29 is 101 Å². The van der Waals surface area contributed by atoms with E-state index in [1.165, 1.54) is 12.1 Å². The van der Waals surface area contributed by atoms with E-state index in [0.29, 0.717) is 0 Å². The summed E-state index contributed by atoms with van der Waals surface area (Å²) in [6, 6.07) is 1.82. The van der Waals surface area contributed by atoms with Crippen LogP contribution in [0.2, 0.25) is 0 Å². The second-order valence-corrected chi connectivity index (χ2v) is 10.4. The van der Waals surface area contributed by atoms with Crippen molar-refractivity contribution in [2.45, 2.75) is 75.1 Å². The standard InChI is InChI=1S/C22H31N3O16S.Na/c1-9(27)23-15-18(30)17(29)14(8-37-42(34,35)36)40-22(15)41-20-13(7-26)39-21(16(19(20)31)24-10(2)28)38-12-5-3-11(4-6-12)25(32)33;/h3-6,13-22,26,29-31H,7-8H2,1-2H3,(H,23,27)(H,24,28)(H,34,35,36);/q;+1/p-1/t13-,14-,15-,16-,17-,18-,19-,20-,21+,22+;/m1./s1. The fraction of sp³-hybridized carbons (Fsp3) is 0.636. The van der Waals surface area contributed by atoms with Gasteiger partial charge < -0.3 is 54.6 Å². The number of benzene rings is 1. The molecule has 0 radical (unpaired) electrons. The van der Waals surface area contributed by atoms with E-state index in [1.54, 1.807) is 0 Å². The molecule has 236 valence electrons. The number of aliphatic hydroxyl groups is 4. The van der Waals surface area contributed by atoms with Crippen molar-refractivity contribution >= 4 is 27.9 Å². The molecular weight excluding hydrogens is 617 g/mol. The van der Waals surface area contributed by atoms with E-state index < -0.39 is 102 Å². The summed E-state index contributed by atoms with van der Waals surface area (Å²) in [5.74, 6) is -1.33. The van der Waals surface area contributed by atoms with Crippen molar-refractivity contribution in [2.24, 2.45) is 0 Å². The molecule has 0 saturated carbocycles. The second kappa shape index (κ2) is 15.8. The zero-order chi connectivity index (χ0) is 31.4. The zero-order valence-electron chi connectivity index (χ0n) is 23.0. The van der Waals surface area contributed by atoms with Crippen LogP contribution >= 0.6 is 0 Å². The minimum absolute atomic E-state index is 0. The third-order valence-corrected chi connectivity index (χ3v) is 6.69. The summed E-state index contributed by atoms with van der Waals surface area (Å²) in [5.41, 5.74) is -0.239. The molecule has 0 bridgehead atoms. The molecule has 2 amide bonds. The Morgan fingerprint density at radius 2 is 1.49 bits per heavy atom. The average molecular weight is 648 g/mol. The van der Waals surface area contributed by atoms with Gasteiger partial charge in [-0.05, 0) is 12.1 Å². The van der Waals surface area contributed by atoms with Crippen molar-refractivity contribution in [1.82, 2.24) is 10.6 Å². The summed E-state index contributed by atoms with van der Waals surface area (Å²) < 4.78 is 59.5. The first-order chi connectivity index (χ1) is 19.6. The molecule has 6 N–H and O–H groups in total. The van der Waals surface area contributed by atoms with Gasteiger partial charge in [-0.2, -0.15) is 0 Å². The fourth-order valence-electron chi connectivity index (χ4n) is 4.38. The molecule has 1 aromatic carbocycles. The molecule has 2 fully saturated rings. The van der Waals surface area contributed by atoms with Crippen molar-refractivity contribution in [3.05, 3.63) is 34.4 Å². The Kier molecular flexibility index (Phi) is 13.6. The van der Waals surface area contributed by atoms with Crippen molar-refractivity contribution in [3.8, 4) is 5.75 Å². The van der Waals surface area contributed by atoms with Crippen LogP contribution in [0.4, 0.5) is 5.69 Å². The Hall–Kier alpha value is -2.05. The van der Waals surface area contributed by atoms with E-state index in [4.69, 9.17) is 18.9 Å². The van der Waals surface area contributed by atoms with Crippen LogP contribution in [0.15, 0.2) is 24.3 Å². The molecule has 21 heteroatoms. The summed E-state index contributed by atoms with van der Waals surface area (Å²) in [6.45, 7) is 0.312. The van der Waals surface area contributed by atoms with E-state index in [-0.39, 0.29) is 41.0 Å². The molecule has 0 spiro atoms. The van der Waals surface area contributed by atoms with Crippen LogP contribution in [0.1, 0.15) is 13.8 Å². The van der Waals surface area contributed by atoms with E-state index in [9.17, 15) is 53.1 Å². The Balaban J connectivity index is 0.00000645. The molecule has 0 aliphatic carbocycles. The van der Waals surface area contributed by atoms with Crippen LogP contribution in [-0.4, -0.2) is 125 Å². The first kappa shape index (κ1) is 37.1. The number of hydrogen-bond acceptors (Lipinski definition) is 16. The van der Waals surface area contributed by atoms with Crippen LogP contribution in [0.25, 0.3) is 0 Å². The van der Waals surface area contributed by atoms with Gasteiger partial charge in [-0.25, -0.2) is 8.42 Å². The van der Waals surface area contributed by atoms with Crippen LogP contribution in [0, 0.1) is 10.1 Å². The third kappa shape index (κ3) is 9.97. The van der Waals surface area contributed by atoms with Gasteiger partial charge in [-0.1, -0.05) is 0 Å². The summed E-state index contributed by atoms with van der Waals surface area (Å²) in [4.78, 5) is 34.0. The van der Waals surface area contributed by atoms with Crippen LogP contribution < -0.4 is 44.9 Å². The maximum atomic E-state index is 12.0. The van der Waals surface area contributed by atoms with Crippen LogP contribution in [-0.2, 0) is 38.4 Å². The van der Waals surface area contributed by atoms with E-state index in [0.717, 1.165) is 26.0 Å². The monoisotopic (exact) mass is 647 g/mol. The number of aliphatic hydroxyl groups excluding tert-OH is 4. The van der Waals surface area contributed by atoms with Crippen molar-refractivity contribution in [1.29, 1.82) is 0 Å². The maximum Gasteiger partial charge on any atom is 1.00 e. The van der Waals surface area contributed by atoms with Gasteiger partial charge in [-0.15, -0.1) is 0 Å². The molecule has 19 nitrogen and oxygen atoms in total. The summed E-state index contributed by atoms with van der Waals surface area (Å²) in [7, 11) is -5.23. The molecule has 2 heterocycles. The molecule has 2 aliphatic heterocycles. The Labute approximate surface area is 266 Å². The predicted octanol–water partition coefficient (Wildman–Crippen LogP) is -6.63. The largest absolute Gasteiger partial charge is 1.00 e. The SMILES string of the molecule is CC(=O)N[C@H]1[C@@H](Oc2ccc([N+](=O)[O-])cc2)O[C@H](CO)[C@@H](O[C@@H]2O[C@H](COS(=O)(=O)[O-])[C@@H](O)[C@H](O)[C@H]2NC(C)=O)[C@@H]1O.[Na+]. The number of nitro benzene ring substituents is 1. The number of rotatable bonds is 11. The molecule has 43 heavy (non-hydrogen) atoms. The summed E-state index contributed by atoms with van der Waals surface area (Å²) >= 11 is 0. The van der Waals surface area contributed by atoms with E-state index >= 15 is 0 Å². The molecule has 0 aromatic heterocycles. The molecule has 0 unspecified atom stereocenters. The van der Waals surface area contributed by atoms with E-state index in [2.05, 4.69) is 14.8 Å². The number of hydrogen-bond donors (Lipinski definition) is 6. The van der Waals surface area contributed by atoms with Gasteiger partial charge >= 0.3 is 29.6 Å². The first-order valence-electron chi connectivity index (χ1n) is 12.3. The third-order valence-electron chi connectivity index (χ3n) is 6.26. The second-order valence-electron chi connectivity index (χ2n) is 9.36. The van der Waals surface area contributed by atoms with Gasteiger partial charge in [0.05, 0.1) is 18.1 Å². The molecular formula is C22H30N3NaO16S. The maximum absolute atomic E-state index is 12.0. The number of non-ortho nitro benzene ring substituents is 1. The summed E-state index contributed by atoms with van der Waals surface area (Å²) in [6.07, 6.45) is -13.4. The van der Waals surface area contributed by atoms with Gasteiger partial charge in [0.25, 0.3) is 5.69 Å².